The summed E-state index contributed by atoms with van der Waals surface area (Å²) in [7, 11) is 0. The third kappa shape index (κ3) is 7.98. The highest BCUT2D eigenvalue weighted by Gasteiger charge is 2.29. The Balaban J connectivity index is 0.00000320. The number of nitrogens with one attached hydrogen (secondary N) is 2. The molecule has 2 fully saturated rings. The van der Waals surface area contributed by atoms with Crippen molar-refractivity contribution >= 4 is 29.9 Å². The summed E-state index contributed by atoms with van der Waals surface area (Å²) in [5, 5.41) is 6.79. The zero-order valence-electron chi connectivity index (χ0n) is 19.0. The topological polar surface area (TPSA) is 52.1 Å². The molecule has 1 atom stereocenters. The number of rotatable bonds is 8. The lowest BCUT2D eigenvalue weighted by atomic mass is 10.0. The van der Waals surface area contributed by atoms with Gasteiger partial charge in [0.2, 0.25) is 0 Å². The molecule has 0 amide bonds. The van der Waals surface area contributed by atoms with E-state index >= 15 is 0 Å². The van der Waals surface area contributed by atoms with E-state index in [1.54, 1.807) is 0 Å². The fourth-order valence-corrected chi connectivity index (χ4v) is 4.03. The van der Waals surface area contributed by atoms with E-state index in [0.717, 1.165) is 45.0 Å². The minimum Gasteiger partial charge on any atom is -0.373 e. The molecular weight excluding hydrogens is 489 g/mol. The Morgan fingerprint density at radius 3 is 2.30 bits per heavy atom. The van der Waals surface area contributed by atoms with Gasteiger partial charge in [-0.15, -0.1) is 24.0 Å². The largest absolute Gasteiger partial charge is 0.373 e. The van der Waals surface area contributed by atoms with Crippen molar-refractivity contribution in [2.24, 2.45) is 4.99 Å². The van der Waals surface area contributed by atoms with Gasteiger partial charge < -0.3 is 20.3 Å². The average Bonchev–Trinajstić information content (AvgIpc) is 3.18. The fraction of sp³-hybridized carbons (Fsp3) is 0.696. The van der Waals surface area contributed by atoms with Crippen LogP contribution in [0.4, 0.5) is 0 Å². The van der Waals surface area contributed by atoms with Crippen LogP contribution in [0, 0.1) is 0 Å². The summed E-state index contributed by atoms with van der Waals surface area (Å²) in [6.07, 6.45) is 2.25. The van der Waals surface area contributed by atoms with Gasteiger partial charge in [-0.1, -0.05) is 31.2 Å². The van der Waals surface area contributed by atoms with Crippen LogP contribution in [0.2, 0.25) is 0 Å². The quantitative estimate of drug-likeness (QED) is 0.308. The SMILES string of the molecule is CCNC(=NCc1ccc(CN2CCN(CC)CC2)cc1)NCC1(C)CCCO1.I. The average molecular weight is 530 g/mol. The second-order valence-electron chi connectivity index (χ2n) is 8.48. The Morgan fingerprint density at radius 2 is 1.70 bits per heavy atom. The first-order chi connectivity index (χ1) is 14.1. The van der Waals surface area contributed by atoms with Crippen LogP contribution in [0.1, 0.15) is 44.7 Å². The van der Waals surface area contributed by atoms with E-state index in [1.165, 1.54) is 43.9 Å². The van der Waals surface area contributed by atoms with Crippen LogP contribution < -0.4 is 10.6 Å². The molecule has 1 aromatic carbocycles. The van der Waals surface area contributed by atoms with Crippen molar-refractivity contribution < 1.29 is 4.74 Å². The van der Waals surface area contributed by atoms with E-state index in [1.807, 2.05) is 0 Å². The third-order valence-corrected chi connectivity index (χ3v) is 6.04. The molecule has 0 saturated carbocycles. The maximum absolute atomic E-state index is 5.87. The van der Waals surface area contributed by atoms with Crippen molar-refractivity contribution in [2.45, 2.75) is 52.3 Å². The summed E-state index contributed by atoms with van der Waals surface area (Å²) < 4.78 is 5.87. The monoisotopic (exact) mass is 529 g/mol. The predicted molar refractivity (Wildman–Crippen MR) is 136 cm³/mol. The van der Waals surface area contributed by atoms with E-state index in [-0.39, 0.29) is 29.6 Å². The molecule has 1 unspecified atom stereocenters. The first-order valence-electron chi connectivity index (χ1n) is 11.3. The van der Waals surface area contributed by atoms with E-state index < -0.39 is 0 Å². The number of hydrogen-bond donors (Lipinski definition) is 2. The zero-order valence-corrected chi connectivity index (χ0v) is 21.3. The molecule has 0 aromatic heterocycles. The number of ether oxygens (including phenoxy) is 1. The molecule has 0 radical (unpaired) electrons. The van der Waals surface area contributed by atoms with Crippen molar-refractivity contribution in [3.63, 3.8) is 0 Å². The first-order valence-corrected chi connectivity index (χ1v) is 11.3. The summed E-state index contributed by atoms with van der Waals surface area (Å²) >= 11 is 0. The van der Waals surface area contributed by atoms with Crippen molar-refractivity contribution in [2.75, 3.05) is 52.4 Å². The van der Waals surface area contributed by atoms with Gasteiger partial charge in [0.15, 0.2) is 5.96 Å². The van der Waals surface area contributed by atoms with Gasteiger partial charge in [-0.05, 0) is 44.4 Å². The van der Waals surface area contributed by atoms with Gasteiger partial charge >= 0.3 is 0 Å². The normalized spacial score (nSPS) is 23.2. The Bertz CT molecular complexity index is 637. The number of aliphatic imine (C=N–C) groups is 1. The summed E-state index contributed by atoms with van der Waals surface area (Å²) in [5.74, 6) is 0.863. The molecule has 6 nitrogen and oxygen atoms in total. The second kappa shape index (κ2) is 12.8. The van der Waals surface area contributed by atoms with Crippen molar-refractivity contribution in [3.8, 4) is 0 Å². The molecule has 3 rings (SSSR count). The highest BCUT2D eigenvalue weighted by Crippen LogP contribution is 2.23. The van der Waals surface area contributed by atoms with Crippen molar-refractivity contribution in [1.82, 2.24) is 20.4 Å². The van der Waals surface area contributed by atoms with E-state index in [4.69, 9.17) is 9.73 Å². The molecule has 30 heavy (non-hydrogen) atoms. The molecule has 0 aliphatic carbocycles. The molecular formula is C23H40IN5O. The smallest absolute Gasteiger partial charge is 0.191 e. The fourth-order valence-electron chi connectivity index (χ4n) is 4.03. The first kappa shape index (κ1) is 25.4. The standard InChI is InChI=1S/C23H39N5O.HI/c1-4-24-22(26-19-23(3)11-6-16-29-23)25-17-20-7-9-21(10-8-20)18-28-14-12-27(5-2)13-15-28;/h7-10H,4-6,11-19H2,1-3H3,(H2,24,25,26);1H. The van der Waals surface area contributed by atoms with Crippen LogP contribution >= 0.6 is 24.0 Å². The molecule has 2 saturated heterocycles. The summed E-state index contributed by atoms with van der Waals surface area (Å²) in [5.41, 5.74) is 2.56. The van der Waals surface area contributed by atoms with Crippen LogP contribution in [0.15, 0.2) is 29.3 Å². The van der Waals surface area contributed by atoms with Crippen molar-refractivity contribution in [1.29, 1.82) is 0 Å². The number of nitrogens with zero attached hydrogens (tertiary/aromatic N) is 3. The van der Waals surface area contributed by atoms with Crippen LogP contribution in [0.3, 0.4) is 0 Å². The highest BCUT2D eigenvalue weighted by molar-refractivity contribution is 14.0. The third-order valence-electron chi connectivity index (χ3n) is 6.04. The second-order valence-corrected chi connectivity index (χ2v) is 8.48. The van der Waals surface area contributed by atoms with Gasteiger partial charge in [-0.3, -0.25) is 4.90 Å². The van der Waals surface area contributed by atoms with Gasteiger partial charge in [0, 0.05) is 52.4 Å². The highest BCUT2D eigenvalue weighted by atomic mass is 127. The molecule has 1 aromatic rings. The van der Waals surface area contributed by atoms with Gasteiger partial charge in [0.05, 0.1) is 12.1 Å². The lowest BCUT2D eigenvalue weighted by Gasteiger charge is -2.34. The van der Waals surface area contributed by atoms with E-state index in [0.29, 0.717) is 6.54 Å². The van der Waals surface area contributed by atoms with Gasteiger partial charge in [0.25, 0.3) is 0 Å². The molecule has 0 bridgehead atoms. The number of halogens is 1. The molecule has 170 valence electrons. The van der Waals surface area contributed by atoms with Gasteiger partial charge in [-0.25, -0.2) is 4.99 Å². The minimum absolute atomic E-state index is 0. The Kier molecular flexibility index (Phi) is 10.8. The molecule has 2 aliphatic rings. The summed E-state index contributed by atoms with van der Waals surface area (Å²) in [6, 6.07) is 8.94. The van der Waals surface area contributed by atoms with Crippen LogP contribution in [0.25, 0.3) is 0 Å². The van der Waals surface area contributed by atoms with Crippen molar-refractivity contribution in [3.05, 3.63) is 35.4 Å². The minimum atomic E-state index is -0.0690. The Morgan fingerprint density at radius 1 is 1.03 bits per heavy atom. The summed E-state index contributed by atoms with van der Waals surface area (Å²) in [4.78, 5) is 9.84. The van der Waals surface area contributed by atoms with Gasteiger partial charge in [0.1, 0.15) is 0 Å². The molecule has 7 heteroatoms. The maximum Gasteiger partial charge on any atom is 0.191 e. The zero-order chi connectivity index (χ0) is 20.5. The van der Waals surface area contributed by atoms with Crippen LogP contribution in [-0.2, 0) is 17.8 Å². The van der Waals surface area contributed by atoms with Crippen LogP contribution in [-0.4, -0.2) is 73.8 Å². The number of benzene rings is 1. The van der Waals surface area contributed by atoms with E-state index in [9.17, 15) is 0 Å². The molecule has 2 heterocycles. The Labute approximate surface area is 199 Å². The lowest BCUT2D eigenvalue weighted by molar-refractivity contribution is 0.0243. The number of hydrogen-bond acceptors (Lipinski definition) is 4. The van der Waals surface area contributed by atoms with Gasteiger partial charge in [-0.2, -0.15) is 0 Å². The molecule has 0 spiro atoms. The predicted octanol–water partition coefficient (Wildman–Crippen LogP) is 3.07. The Hall–Kier alpha value is -0.900. The van der Waals surface area contributed by atoms with Crippen LogP contribution in [0.5, 0.6) is 0 Å². The lowest BCUT2D eigenvalue weighted by Crippen LogP contribution is -2.45. The number of likely N-dealkylation sites (N-methyl/N-ethyl adjacent to an activating group) is 1. The maximum atomic E-state index is 5.87. The van der Waals surface area contributed by atoms with E-state index in [2.05, 4.69) is 65.5 Å². The summed E-state index contributed by atoms with van der Waals surface area (Å²) in [6.45, 7) is 16.6. The number of guanidine groups is 1. The number of piperazine rings is 1. The molecule has 2 N–H and O–H groups in total. The molecule has 2 aliphatic heterocycles.